The Hall–Kier alpha value is -2.52. The summed E-state index contributed by atoms with van der Waals surface area (Å²) in [4.78, 5) is 14.5. The standard InChI is InChI=1S/C23H21ClN2O/c1-14-4-2-7-19-21(25-18-6-3-5-17(24)9-18)10-22(20(13-27)23(14)19)26-11-15-8-16(15)12-26/h2-7,9-10,13,15-16,25H,8,11-12H2,1H3. The predicted molar refractivity (Wildman–Crippen MR) is 113 cm³/mol. The Morgan fingerprint density at radius 3 is 2.63 bits per heavy atom. The Morgan fingerprint density at radius 1 is 1.11 bits per heavy atom. The van der Waals surface area contributed by atoms with E-state index in [-0.39, 0.29) is 0 Å². The zero-order chi connectivity index (χ0) is 18.5. The van der Waals surface area contributed by atoms with E-state index in [1.165, 1.54) is 6.42 Å². The Balaban J connectivity index is 1.69. The number of benzene rings is 3. The number of aldehydes is 1. The minimum atomic E-state index is 0.699. The fourth-order valence-electron chi connectivity index (χ4n) is 4.47. The van der Waals surface area contributed by atoms with E-state index in [1.807, 2.05) is 30.3 Å². The van der Waals surface area contributed by atoms with Crippen LogP contribution in [0, 0.1) is 18.8 Å². The van der Waals surface area contributed by atoms with Gasteiger partial charge in [0, 0.05) is 40.4 Å². The smallest absolute Gasteiger partial charge is 0.152 e. The van der Waals surface area contributed by atoms with E-state index >= 15 is 0 Å². The number of piperidine rings is 1. The van der Waals surface area contributed by atoms with Gasteiger partial charge < -0.3 is 10.2 Å². The number of fused-ring (bicyclic) bond motifs is 2. The number of rotatable bonds is 4. The number of nitrogens with zero attached hydrogens (tertiary/aromatic N) is 1. The fourth-order valence-corrected chi connectivity index (χ4v) is 4.66. The maximum absolute atomic E-state index is 12.1. The van der Waals surface area contributed by atoms with Crippen LogP contribution in [-0.2, 0) is 0 Å². The molecule has 1 aliphatic carbocycles. The van der Waals surface area contributed by atoms with E-state index < -0.39 is 0 Å². The fraction of sp³-hybridized carbons (Fsp3) is 0.261. The molecule has 3 nitrogen and oxygen atoms in total. The van der Waals surface area contributed by atoms with Crippen molar-refractivity contribution in [1.82, 2.24) is 0 Å². The van der Waals surface area contributed by atoms with Gasteiger partial charge in [-0.25, -0.2) is 0 Å². The Kier molecular flexibility index (Phi) is 3.87. The van der Waals surface area contributed by atoms with Crippen LogP contribution >= 0.6 is 11.6 Å². The summed E-state index contributed by atoms with van der Waals surface area (Å²) in [5.74, 6) is 1.61. The molecule has 3 aromatic carbocycles. The number of hydrogen-bond donors (Lipinski definition) is 1. The van der Waals surface area contributed by atoms with Crippen molar-refractivity contribution in [2.24, 2.45) is 11.8 Å². The molecule has 2 atom stereocenters. The van der Waals surface area contributed by atoms with Crippen LogP contribution in [0.1, 0.15) is 22.3 Å². The maximum atomic E-state index is 12.1. The largest absolute Gasteiger partial charge is 0.370 e. The summed E-state index contributed by atoms with van der Waals surface area (Å²) >= 11 is 6.16. The molecule has 0 radical (unpaired) electrons. The summed E-state index contributed by atoms with van der Waals surface area (Å²) in [5.41, 5.74) is 4.93. The highest BCUT2D eigenvalue weighted by Gasteiger charge is 2.45. The Morgan fingerprint density at radius 2 is 1.89 bits per heavy atom. The molecule has 1 N–H and O–H groups in total. The van der Waals surface area contributed by atoms with E-state index in [1.54, 1.807) is 0 Å². The lowest BCUT2D eigenvalue weighted by Gasteiger charge is -2.25. The van der Waals surface area contributed by atoms with Gasteiger partial charge in [-0.2, -0.15) is 0 Å². The first-order chi connectivity index (χ1) is 13.1. The van der Waals surface area contributed by atoms with Crippen LogP contribution in [0.4, 0.5) is 17.1 Å². The second-order valence-corrected chi connectivity index (χ2v) is 8.20. The van der Waals surface area contributed by atoms with Crippen molar-refractivity contribution in [1.29, 1.82) is 0 Å². The van der Waals surface area contributed by atoms with Gasteiger partial charge in [0.05, 0.1) is 5.69 Å². The quantitative estimate of drug-likeness (QED) is 0.583. The molecule has 0 spiro atoms. The molecule has 2 unspecified atom stereocenters. The van der Waals surface area contributed by atoms with Crippen LogP contribution in [0.2, 0.25) is 5.02 Å². The second-order valence-electron chi connectivity index (χ2n) is 7.77. The molecule has 5 rings (SSSR count). The summed E-state index contributed by atoms with van der Waals surface area (Å²) in [7, 11) is 0. The highest BCUT2D eigenvalue weighted by molar-refractivity contribution is 6.30. The molecule has 1 saturated heterocycles. The molecule has 4 heteroatoms. The number of anilines is 3. The van der Waals surface area contributed by atoms with Crippen LogP contribution in [0.15, 0.2) is 48.5 Å². The molecular weight excluding hydrogens is 356 g/mol. The van der Waals surface area contributed by atoms with E-state index in [9.17, 15) is 4.79 Å². The zero-order valence-corrected chi connectivity index (χ0v) is 16.0. The van der Waals surface area contributed by atoms with Gasteiger partial charge >= 0.3 is 0 Å². The molecule has 1 heterocycles. The van der Waals surface area contributed by atoms with Crippen molar-refractivity contribution in [2.45, 2.75) is 13.3 Å². The molecule has 3 aromatic rings. The monoisotopic (exact) mass is 376 g/mol. The SMILES string of the molecule is Cc1cccc2c(Nc3cccc(Cl)c3)cc(N3CC4CC4C3)c(C=O)c12. The number of halogens is 1. The van der Waals surface area contributed by atoms with Crippen molar-refractivity contribution < 1.29 is 4.79 Å². The van der Waals surface area contributed by atoms with Gasteiger partial charge in [-0.1, -0.05) is 35.9 Å². The van der Waals surface area contributed by atoms with Crippen molar-refractivity contribution in [3.63, 3.8) is 0 Å². The van der Waals surface area contributed by atoms with Crippen LogP contribution in [0.3, 0.4) is 0 Å². The second kappa shape index (κ2) is 6.28. The lowest BCUT2D eigenvalue weighted by molar-refractivity contribution is 0.112. The normalized spacial score (nSPS) is 20.6. The highest BCUT2D eigenvalue weighted by Crippen LogP contribution is 2.48. The van der Waals surface area contributed by atoms with Crippen LogP contribution < -0.4 is 10.2 Å². The molecule has 0 bridgehead atoms. The van der Waals surface area contributed by atoms with E-state index in [2.05, 4.69) is 35.3 Å². The predicted octanol–water partition coefficient (Wildman–Crippen LogP) is 5.81. The van der Waals surface area contributed by atoms with E-state index in [4.69, 9.17) is 11.6 Å². The Bertz CT molecular complexity index is 1050. The first-order valence-electron chi connectivity index (χ1n) is 9.43. The van der Waals surface area contributed by atoms with Crippen molar-refractivity contribution >= 4 is 45.7 Å². The number of carbonyl (C=O) groups is 1. The Labute approximate surface area is 163 Å². The first kappa shape index (κ1) is 16.6. The maximum Gasteiger partial charge on any atom is 0.152 e. The average molecular weight is 377 g/mol. The average Bonchev–Trinajstić information content (AvgIpc) is 3.27. The van der Waals surface area contributed by atoms with Crippen molar-refractivity contribution in [2.75, 3.05) is 23.3 Å². The summed E-state index contributed by atoms with van der Waals surface area (Å²) < 4.78 is 0. The third kappa shape index (κ3) is 2.87. The van der Waals surface area contributed by atoms with Crippen molar-refractivity contribution in [3.05, 3.63) is 64.7 Å². The minimum absolute atomic E-state index is 0.699. The van der Waals surface area contributed by atoms with Gasteiger partial charge in [0.15, 0.2) is 6.29 Å². The molecule has 0 amide bonds. The van der Waals surface area contributed by atoms with Gasteiger partial charge in [-0.05, 0) is 60.4 Å². The van der Waals surface area contributed by atoms with Gasteiger partial charge in [0.1, 0.15) is 0 Å². The molecule has 2 aliphatic rings. The lowest BCUT2D eigenvalue weighted by Crippen LogP contribution is -2.23. The molecular formula is C23H21ClN2O. The van der Waals surface area contributed by atoms with E-state index in [0.717, 1.165) is 70.2 Å². The first-order valence-corrected chi connectivity index (χ1v) is 9.81. The summed E-state index contributed by atoms with van der Waals surface area (Å²) in [6.45, 7) is 4.18. The van der Waals surface area contributed by atoms with E-state index in [0.29, 0.717) is 5.02 Å². The molecule has 2 fully saturated rings. The summed E-state index contributed by atoms with van der Waals surface area (Å²) in [6, 6.07) is 16.1. The van der Waals surface area contributed by atoms with Gasteiger partial charge in [-0.3, -0.25) is 4.79 Å². The van der Waals surface area contributed by atoms with Crippen LogP contribution in [-0.4, -0.2) is 19.4 Å². The number of aryl methyl sites for hydroxylation is 1. The van der Waals surface area contributed by atoms with Crippen LogP contribution in [0.5, 0.6) is 0 Å². The highest BCUT2D eigenvalue weighted by atomic mass is 35.5. The zero-order valence-electron chi connectivity index (χ0n) is 15.2. The summed E-state index contributed by atoms with van der Waals surface area (Å²) in [6.07, 6.45) is 2.37. The number of carbonyl (C=O) groups excluding carboxylic acids is 1. The molecule has 1 saturated carbocycles. The van der Waals surface area contributed by atoms with Gasteiger partial charge in [-0.15, -0.1) is 0 Å². The van der Waals surface area contributed by atoms with Gasteiger partial charge in [0.2, 0.25) is 0 Å². The summed E-state index contributed by atoms with van der Waals surface area (Å²) in [5, 5.41) is 6.32. The third-order valence-electron chi connectivity index (χ3n) is 5.93. The molecule has 0 aromatic heterocycles. The van der Waals surface area contributed by atoms with Gasteiger partial charge in [0.25, 0.3) is 0 Å². The number of hydrogen-bond acceptors (Lipinski definition) is 3. The van der Waals surface area contributed by atoms with Crippen LogP contribution in [0.25, 0.3) is 10.8 Å². The molecule has 27 heavy (non-hydrogen) atoms. The molecule has 1 aliphatic heterocycles. The third-order valence-corrected chi connectivity index (χ3v) is 6.17. The topological polar surface area (TPSA) is 32.3 Å². The van der Waals surface area contributed by atoms with Crippen molar-refractivity contribution in [3.8, 4) is 0 Å². The number of nitrogens with one attached hydrogen (secondary N) is 1. The molecule has 136 valence electrons. The lowest BCUT2D eigenvalue weighted by atomic mass is 9.96. The minimum Gasteiger partial charge on any atom is -0.370 e.